The molecule has 0 radical (unpaired) electrons. The number of nitrogens with zero attached hydrogens (tertiary/aromatic N) is 2. The van der Waals surface area contributed by atoms with E-state index < -0.39 is 11.7 Å². The highest BCUT2D eigenvalue weighted by Crippen LogP contribution is 2.42. The molecule has 1 aromatic heterocycles. The first kappa shape index (κ1) is 33.9. The van der Waals surface area contributed by atoms with Crippen molar-refractivity contribution in [2.45, 2.75) is 84.0 Å². The number of amides is 3. The van der Waals surface area contributed by atoms with Crippen LogP contribution in [0.25, 0.3) is 11.1 Å². The van der Waals surface area contributed by atoms with Crippen molar-refractivity contribution in [3.8, 4) is 11.1 Å². The van der Waals surface area contributed by atoms with E-state index in [1.165, 1.54) is 6.42 Å². The van der Waals surface area contributed by atoms with E-state index in [2.05, 4.69) is 20.9 Å². The van der Waals surface area contributed by atoms with E-state index in [-0.39, 0.29) is 23.9 Å². The minimum Gasteiger partial charge on any atom is -0.444 e. The molecule has 0 unspecified atom stereocenters. The van der Waals surface area contributed by atoms with Crippen LogP contribution in [0, 0.1) is 12.8 Å². The molecule has 2 aliphatic rings. The summed E-state index contributed by atoms with van der Waals surface area (Å²) in [7, 11) is 1.63. The molecule has 2 aromatic carbocycles. The molecule has 1 saturated heterocycles. The summed E-state index contributed by atoms with van der Waals surface area (Å²) >= 11 is 0. The van der Waals surface area contributed by atoms with Crippen molar-refractivity contribution in [3.63, 3.8) is 0 Å². The molecule has 10 heteroatoms. The van der Waals surface area contributed by atoms with Gasteiger partial charge in [0.15, 0.2) is 0 Å². The predicted molar refractivity (Wildman–Crippen MR) is 183 cm³/mol. The molecule has 1 aliphatic carbocycles. The number of aromatic nitrogens is 1. The van der Waals surface area contributed by atoms with Crippen molar-refractivity contribution in [2.24, 2.45) is 5.92 Å². The van der Waals surface area contributed by atoms with E-state index in [0.717, 1.165) is 53.9 Å². The SMILES string of the molecule is COCCNC(=O)[C@@H]1C[C@@H]2CCCC[C@@H]2N1c1cc(CNC(=O)c2ccc(-c3ccc(NC(=O)OC(C)(C)C)cc3)cc2)cc(C)n1. The first-order chi connectivity index (χ1) is 22.5. The third-order valence-electron chi connectivity index (χ3n) is 8.72. The molecule has 1 aliphatic heterocycles. The van der Waals surface area contributed by atoms with Crippen LogP contribution in [0.5, 0.6) is 0 Å². The Hall–Kier alpha value is -4.44. The summed E-state index contributed by atoms with van der Waals surface area (Å²) in [5, 5.41) is 8.84. The summed E-state index contributed by atoms with van der Waals surface area (Å²) in [6.07, 6.45) is 4.86. The van der Waals surface area contributed by atoms with Crippen LogP contribution in [-0.2, 0) is 20.8 Å². The summed E-state index contributed by atoms with van der Waals surface area (Å²) in [4.78, 5) is 45.6. The van der Waals surface area contributed by atoms with Gasteiger partial charge in [0.2, 0.25) is 5.91 Å². The number of fused-ring (bicyclic) bond motifs is 1. The highest BCUT2D eigenvalue weighted by Gasteiger charge is 2.45. The number of carbonyl (C=O) groups is 3. The third-order valence-corrected chi connectivity index (χ3v) is 8.72. The average Bonchev–Trinajstić information content (AvgIpc) is 3.43. The van der Waals surface area contributed by atoms with Crippen LogP contribution < -0.4 is 20.9 Å². The molecule has 1 saturated carbocycles. The summed E-state index contributed by atoms with van der Waals surface area (Å²) in [6.45, 7) is 8.71. The summed E-state index contributed by atoms with van der Waals surface area (Å²) < 4.78 is 10.4. The van der Waals surface area contributed by atoms with Gasteiger partial charge in [0.05, 0.1) is 6.61 Å². The number of ether oxygens (including phenoxy) is 2. The lowest BCUT2D eigenvalue weighted by Crippen LogP contribution is -2.47. The number of anilines is 2. The molecule has 3 aromatic rings. The zero-order valence-electron chi connectivity index (χ0n) is 28.1. The van der Waals surface area contributed by atoms with Crippen LogP contribution in [0.1, 0.15) is 74.5 Å². The lowest BCUT2D eigenvalue weighted by atomic mass is 9.84. The average molecular weight is 642 g/mol. The molecule has 47 heavy (non-hydrogen) atoms. The standard InChI is InChI=1S/C37H47N5O5/c1-24-20-25(21-33(40-24)42-31-9-7-6-8-29(31)22-32(42)35(44)38-18-19-46-5)23-39-34(43)28-12-10-26(11-13-28)27-14-16-30(17-15-27)41-36(45)47-37(2,3)4/h10-17,20-21,29,31-32H,6-9,18-19,22-23H2,1-5H3,(H,38,44)(H,39,43)(H,41,45)/t29-,31-,32-/m0/s1. The Labute approximate surface area is 277 Å². The molecule has 3 N–H and O–H groups in total. The Morgan fingerprint density at radius 2 is 1.62 bits per heavy atom. The summed E-state index contributed by atoms with van der Waals surface area (Å²) in [5.41, 5.74) is 4.32. The fourth-order valence-electron chi connectivity index (χ4n) is 6.64. The molecule has 3 amide bonds. The summed E-state index contributed by atoms with van der Waals surface area (Å²) in [5.74, 6) is 1.12. The highest BCUT2D eigenvalue weighted by molar-refractivity contribution is 5.94. The van der Waals surface area contributed by atoms with Gasteiger partial charge in [-0.2, -0.15) is 0 Å². The van der Waals surface area contributed by atoms with E-state index in [4.69, 9.17) is 14.5 Å². The topological polar surface area (TPSA) is 122 Å². The summed E-state index contributed by atoms with van der Waals surface area (Å²) in [6, 6.07) is 18.9. The minimum atomic E-state index is -0.572. The van der Waals surface area contributed by atoms with Crippen LogP contribution in [0.2, 0.25) is 0 Å². The van der Waals surface area contributed by atoms with E-state index in [1.54, 1.807) is 19.2 Å². The second kappa shape index (κ2) is 15.0. The van der Waals surface area contributed by atoms with Crippen LogP contribution in [-0.4, -0.2) is 60.8 Å². The number of rotatable bonds is 10. The first-order valence-electron chi connectivity index (χ1n) is 16.5. The predicted octanol–water partition coefficient (Wildman–Crippen LogP) is 6.23. The number of carbonyl (C=O) groups excluding carboxylic acids is 3. The van der Waals surface area contributed by atoms with Gasteiger partial charge in [-0.05, 0) is 106 Å². The normalized spacial score (nSPS) is 19.1. The molecular formula is C37H47N5O5. The number of methoxy groups -OCH3 is 1. The van der Waals surface area contributed by atoms with E-state index in [1.807, 2.05) is 76.2 Å². The van der Waals surface area contributed by atoms with Crippen molar-refractivity contribution in [1.82, 2.24) is 15.6 Å². The molecule has 10 nitrogen and oxygen atoms in total. The zero-order chi connectivity index (χ0) is 33.6. The molecule has 2 heterocycles. The van der Waals surface area contributed by atoms with E-state index in [9.17, 15) is 14.4 Å². The van der Waals surface area contributed by atoms with Gasteiger partial charge in [-0.15, -0.1) is 0 Å². The molecule has 3 atom stereocenters. The van der Waals surface area contributed by atoms with Gasteiger partial charge in [0, 0.05) is 43.2 Å². The van der Waals surface area contributed by atoms with E-state index >= 15 is 0 Å². The van der Waals surface area contributed by atoms with Crippen molar-refractivity contribution < 1.29 is 23.9 Å². The van der Waals surface area contributed by atoms with Gasteiger partial charge in [-0.3, -0.25) is 14.9 Å². The number of hydrogen-bond acceptors (Lipinski definition) is 7. The zero-order valence-corrected chi connectivity index (χ0v) is 28.1. The molecule has 5 rings (SSSR count). The molecule has 2 fully saturated rings. The quantitative estimate of drug-likeness (QED) is 0.224. The van der Waals surface area contributed by atoms with Crippen LogP contribution in [0.4, 0.5) is 16.3 Å². The smallest absolute Gasteiger partial charge is 0.412 e. The second-order valence-electron chi connectivity index (χ2n) is 13.5. The molecule has 250 valence electrons. The van der Waals surface area contributed by atoms with Gasteiger partial charge in [0.1, 0.15) is 17.5 Å². The Bertz CT molecular complexity index is 1550. The number of aryl methyl sites for hydroxylation is 1. The first-order valence-corrected chi connectivity index (χ1v) is 16.5. The van der Waals surface area contributed by atoms with Gasteiger partial charge in [0.25, 0.3) is 5.91 Å². The van der Waals surface area contributed by atoms with Crippen LogP contribution in [0.3, 0.4) is 0 Å². The van der Waals surface area contributed by atoms with Gasteiger partial charge >= 0.3 is 6.09 Å². The molecular weight excluding hydrogens is 594 g/mol. The monoisotopic (exact) mass is 641 g/mol. The maximum absolute atomic E-state index is 13.3. The maximum Gasteiger partial charge on any atom is 0.412 e. The number of hydrogen-bond donors (Lipinski definition) is 3. The minimum absolute atomic E-state index is 0.0199. The van der Waals surface area contributed by atoms with Crippen molar-refractivity contribution >= 4 is 29.4 Å². The largest absolute Gasteiger partial charge is 0.444 e. The highest BCUT2D eigenvalue weighted by atomic mass is 16.6. The lowest BCUT2D eigenvalue weighted by molar-refractivity contribution is -0.122. The Morgan fingerprint density at radius 3 is 2.30 bits per heavy atom. The van der Waals surface area contributed by atoms with Crippen molar-refractivity contribution in [2.75, 3.05) is 30.5 Å². The maximum atomic E-state index is 13.3. The number of nitrogens with one attached hydrogen (secondary N) is 3. The van der Waals surface area contributed by atoms with Crippen molar-refractivity contribution in [3.05, 3.63) is 77.5 Å². The van der Waals surface area contributed by atoms with Crippen LogP contribution >= 0.6 is 0 Å². The Morgan fingerprint density at radius 1 is 0.936 bits per heavy atom. The second-order valence-corrected chi connectivity index (χ2v) is 13.5. The van der Waals surface area contributed by atoms with Gasteiger partial charge in [-0.25, -0.2) is 9.78 Å². The Kier molecular flexibility index (Phi) is 10.8. The molecule has 0 spiro atoms. The molecule has 0 bridgehead atoms. The number of pyridine rings is 1. The van der Waals surface area contributed by atoms with Crippen molar-refractivity contribution in [1.29, 1.82) is 0 Å². The van der Waals surface area contributed by atoms with Gasteiger partial charge in [-0.1, -0.05) is 37.1 Å². The Balaban J connectivity index is 1.22. The third kappa shape index (κ3) is 8.88. The van der Waals surface area contributed by atoms with Gasteiger partial charge < -0.3 is 25.0 Å². The van der Waals surface area contributed by atoms with Crippen LogP contribution in [0.15, 0.2) is 60.7 Å². The van der Waals surface area contributed by atoms with E-state index in [0.29, 0.717) is 36.9 Å². The lowest BCUT2D eigenvalue weighted by Gasteiger charge is -2.35. The number of benzene rings is 2. The fraction of sp³-hybridized carbons (Fsp3) is 0.459. The fourth-order valence-corrected chi connectivity index (χ4v) is 6.64.